The highest BCUT2D eigenvalue weighted by atomic mass is 14.7. The Labute approximate surface area is 255 Å². The van der Waals surface area contributed by atoms with E-state index in [-0.39, 0.29) is 0 Å². The van der Waals surface area contributed by atoms with E-state index in [1.165, 1.54) is 70.6 Å². The molecule has 204 valence electrons. The molecule has 0 bridgehead atoms. The van der Waals surface area contributed by atoms with Crippen molar-refractivity contribution in [1.29, 1.82) is 0 Å². The number of hydrogen-bond acceptors (Lipinski definition) is 1. The number of pyridine rings is 1. The lowest BCUT2D eigenvalue weighted by Gasteiger charge is -2.14. The lowest BCUT2D eigenvalue weighted by molar-refractivity contribution is 1.33. The van der Waals surface area contributed by atoms with Gasteiger partial charge in [0, 0.05) is 17.3 Å². The molecule has 0 saturated heterocycles. The van der Waals surface area contributed by atoms with Crippen molar-refractivity contribution >= 4 is 53.9 Å². The Hall–Kier alpha value is -5.79. The SMILES string of the molecule is c1ccc2c(-c3ccc(-c4ccc(-c5ccc6cc7c(ccc8ccccc87)cc6c5)c5ccccc45)cn3)cccc2c1. The van der Waals surface area contributed by atoms with E-state index in [9.17, 15) is 0 Å². The number of rotatable bonds is 3. The van der Waals surface area contributed by atoms with E-state index in [2.05, 4.69) is 158 Å². The average molecular weight is 558 g/mol. The molecule has 1 aromatic heterocycles. The molecule has 0 saturated carbocycles. The fraction of sp³-hybridized carbons (Fsp3) is 0. The molecule has 9 aromatic rings. The van der Waals surface area contributed by atoms with Crippen LogP contribution >= 0.6 is 0 Å². The second-order valence-electron chi connectivity index (χ2n) is 11.6. The van der Waals surface area contributed by atoms with Crippen LogP contribution in [0.25, 0.3) is 87.4 Å². The fourth-order valence-corrected chi connectivity index (χ4v) is 6.88. The molecule has 0 spiro atoms. The monoisotopic (exact) mass is 557 g/mol. The van der Waals surface area contributed by atoms with Crippen LogP contribution in [0.3, 0.4) is 0 Å². The first-order chi connectivity index (χ1) is 21.8. The molecule has 0 radical (unpaired) electrons. The first-order valence-corrected chi connectivity index (χ1v) is 15.1. The van der Waals surface area contributed by atoms with Gasteiger partial charge < -0.3 is 0 Å². The highest BCUT2D eigenvalue weighted by Gasteiger charge is 2.12. The van der Waals surface area contributed by atoms with Gasteiger partial charge in [-0.2, -0.15) is 0 Å². The molecule has 8 aromatic carbocycles. The standard InChI is InChI=1S/C43H27N/c1-3-11-35-28(8-1)10-7-15-41(35)43-23-20-33(27-44-43)38-22-21-37(39-13-5-6-14-40(38)39)31-19-17-30-26-42-32(25-34(30)24-31)18-16-29-9-2-4-12-36(29)42/h1-27H. The van der Waals surface area contributed by atoms with Crippen molar-refractivity contribution in [3.8, 4) is 33.5 Å². The van der Waals surface area contributed by atoms with E-state index in [4.69, 9.17) is 4.98 Å². The van der Waals surface area contributed by atoms with E-state index >= 15 is 0 Å². The highest BCUT2D eigenvalue weighted by Crippen LogP contribution is 2.38. The molecule has 44 heavy (non-hydrogen) atoms. The van der Waals surface area contributed by atoms with E-state index in [1.54, 1.807) is 0 Å². The summed E-state index contributed by atoms with van der Waals surface area (Å²) in [6.07, 6.45) is 2.02. The molecule has 0 aliphatic rings. The third-order valence-electron chi connectivity index (χ3n) is 9.08. The largest absolute Gasteiger partial charge is 0.256 e. The van der Waals surface area contributed by atoms with Crippen LogP contribution in [0.15, 0.2) is 164 Å². The summed E-state index contributed by atoms with van der Waals surface area (Å²) in [4.78, 5) is 4.94. The molecule has 1 heterocycles. The van der Waals surface area contributed by atoms with Crippen molar-refractivity contribution in [1.82, 2.24) is 4.98 Å². The van der Waals surface area contributed by atoms with Crippen LogP contribution in [0.1, 0.15) is 0 Å². The zero-order valence-corrected chi connectivity index (χ0v) is 24.0. The van der Waals surface area contributed by atoms with Gasteiger partial charge in [0.05, 0.1) is 5.69 Å². The summed E-state index contributed by atoms with van der Waals surface area (Å²) in [5.74, 6) is 0. The molecule has 1 nitrogen and oxygen atoms in total. The summed E-state index contributed by atoms with van der Waals surface area (Å²) in [7, 11) is 0. The summed E-state index contributed by atoms with van der Waals surface area (Å²) >= 11 is 0. The van der Waals surface area contributed by atoms with E-state index in [0.29, 0.717) is 0 Å². The number of hydrogen-bond donors (Lipinski definition) is 0. The van der Waals surface area contributed by atoms with Crippen molar-refractivity contribution in [3.05, 3.63) is 164 Å². The first-order valence-electron chi connectivity index (χ1n) is 15.1. The van der Waals surface area contributed by atoms with Crippen LogP contribution in [-0.4, -0.2) is 4.98 Å². The topological polar surface area (TPSA) is 12.9 Å². The number of fused-ring (bicyclic) bond motifs is 6. The van der Waals surface area contributed by atoms with Crippen LogP contribution in [0.4, 0.5) is 0 Å². The summed E-state index contributed by atoms with van der Waals surface area (Å²) in [6.45, 7) is 0. The molecule has 0 atom stereocenters. The van der Waals surface area contributed by atoms with Crippen LogP contribution in [0, 0.1) is 0 Å². The van der Waals surface area contributed by atoms with Gasteiger partial charge in [-0.1, -0.05) is 133 Å². The van der Waals surface area contributed by atoms with Crippen molar-refractivity contribution in [3.63, 3.8) is 0 Å². The molecular formula is C43H27N. The molecule has 9 rings (SSSR count). The van der Waals surface area contributed by atoms with Gasteiger partial charge in [0.1, 0.15) is 0 Å². The molecule has 0 unspecified atom stereocenters. The third-order valence-corrected chi connectivity index (χ3v) is 9.08. The summed E-state index contributed by atoms with van der Waals surface area (Å²) in [5, 5.41) is 12.6. The maximum Gasteiger partial charge on any atom is 0.0708 e. The van der Waals surface area contributed by atoms with Gasteiger partial charge in [0.2, 0.25) is 0 Å². The lowest BCUT2D eigenvalue weighted by Crippen LogP contribution is -1.89. The summed E-state index contributed by atoms with van der Waals surface area (Å²) in [6, 6.07) is 57.2. The molecular weight excluding hydrogens is 530 g/mol. The Bertz CT molecular complexity index is 2540. The van der Waals surface area contributed by atoms with Gasteiger partial charge in [-0.25, -0.2) is 0 Å². The van der Waals surface area contributed by atoms with Crippen LogP contribution < -0.4 is 0 Å². The Morgan fingerprint density at radius 1 is 0.295 bits per heavy atom. The zero-order chi connectivity index (χ0) is 29.0. The number of benzene rings is 8. The molecule has 0 fully saturated rings. The fourth-order valence-electron chi connectivity index (χ4n) is 6.88. The smallest absolute Gasteiger partial charge is 0.0708 e. The molecule has 0 aliphatic carbocycles. The second-order valence-corrected chi connectivity index (χ2v) is 11.6. The minimum absolute atomic E-state index is 0.989. The highest BCUT2D eigenvalue weighted by molar-refractivity contribution is 6.13. The predicted molar refractivity (Wildman–Crippen MR) is 188 cm³/mol. The van der Waals surface area contributed by atoms with E-state index in [0.717, 1.165) is 16.8 Å². The van der Waals surface area contributed by atoms with Crippen LogP contribution in [0.5, 0.6) is 0 Å². The van der Waals surface area contributed by atoms with Gasteiger partial charge in [-0.3, -0.25) is 4.98 Å². The molecule has 0 amide bonds. The molecule has 0 aliphatic heterocycles. The van der Waals surface area contributed by atoms with Gasteiger partial charge in [-0.05, 0) is 94.8 Å². The predicted octanol–water partition coefficient (Wildman–Crippen LogP) is 11.8. The molecule has 0 N–H and O–H groups in total. The summed E-state index contributed by atoms with van der Waals surface area (Å²) in [5.41, 5.74) is 6.93. The maximum atomic E-state index is 4.94. The Kier molecular flexibility index (Phi) is 5.57. The van der Waals surface area contributed by atoms with Crippen molar-refractivity contribution in [2.24, 2.45) is 0 Å². The van der Waals surface area contributed by atoms with Gasteiger partial charge >= 0.3 is 0 Å². The Morgan fingerprint density at radius 2 is 0.909 bits per heavy atom. The Balaban J connectivity index is 1.14. The third kappa shape index (κ3) is 3.98. The lowest BCUT2D eigenvalue weighted by atomic mass is 9.91. The summed E-state index contributed by atoms with van der Waals surface area (Å²) < 4.78 is 0. The normalized spacial score (nSPS) is 11.6. The van der Waals surface area contributed by atoms with Gasteiger partial charge in [0.15, 0.2) is 0 Å². The molecule has 1 heteroatoms. The van der Waals surface area contributed by atoms with E-state index in [1.807, 2.05) is 6.20 Å². The maximum absolute atomic E-state index is 4.94. The average Bonchev–Trinajstić information content (AvgIpc) is 3.10. The van der Waals surface area contributed by atoms with E-state index < -0.39 is 0 Å². The van der Waals surface area contributed by atoms with Gasteiger partial charge in [0.25, 0.3) is 0 Å². The van der Waals surface area contributed by atoms with Crippen molar-refractivity contribution < 1.29 is 0 Å². The van der Waals surface area contributed by atoms with Crippen LogP contribution in [0.2, 0.25) is 0 Å². The second kappa shape index (κ2) is 9.90. The van der Waals surface area contributed by atoms with Crippen molar-refractivity contribution in [2.75, 3.05) is 0 Å². The zero-order valence-electron chi connectivity index (χ0n) is 24.0. The first kappa shape index (κ1) is 24.8. The minimum atomic E-state index is 0.989. The minimum Gasteiger partial charge on any atom is -0.256 e. The quantitative estimate of drug-likeness (QED) is 0.155. The number of aromatic nitrogens is 1. The van der Waals surface area contributed by atoms with Crippen LogP contribution in [-0.2, 0) is 0 Å². The number of nitrogens with zero attached hydrogens (tertiary/aromatic N) is 1. The van der Waals surface area contributed by atoms with Gasteiger partial charge in [-0.15, -0.1) is 0 Å². The van der Waals surface area contributed by atoms with Crippen molar-refractivity contribution in [2.45, 2.75) is 0 Å². The Morgan fingerprint density at radius 3 is 1.68 bits per heavy atom.